The van der Waals surface area contributed by atoms with Crippen molar-refractivity contribution in [1.82, 2.24) is 10.4 Å². The molecule has 0 bridgehead atoms. The van der Waals surface area contributed by atoms with Crippen LogP contribution in [0.25, 0.3) is 6.08 Å². The zero-order chi connectivity index (χ0) is 19.4. The monoisotopic (exact) mass is 462 g/mol. The molecule has 1 fully saturated rings. The van der Waals surface area contributed by atoms with Crippen molar-refractivity contribution in [3.05, 3.63) is 69.0 Å². The number of hydrogen-bond acceptors (Lipinski definition) is 5. The number of hydrazine groups is 1. The number of nitrogens with zero attached hydrogens (tertiary/aromatic N) is 1. The average Bonchev–Trinajstić information content (AvgIpc) is 2.92. The largest absolute Gasteiger partial charge is 0.493 e. The Balaban J connectivity index is 1.76. The summed E-state index contributed by atoms with van der Waals surface area (Å²) in [6.45, 7) is 2.48. The van der Waals surface area contributed by atoms with E-state index in [4.69, 9.17) is 17.0 Å². The Morgan fingerprint density at radius 2 is 2.04 bits per heavy atom. The Kier molecular flexibility index (Phi) is 6.30. The Labute approximate surface area is 174 Å². The number of halogens is 1. The number of ether oxygens (including phenoxy) is 1. The number of benzene rings is 2. The van der Waals surface area contributed by atoms with E-state index in [1.165, 1.54) is 0 Å². The molecule has 0 radical (unpaired) electrons. The Hall–Kier alpha value is -2.16. The lowest BCUT2D eigenvalue weighted by atomic mass is 10.2. The van der Waals surface area contributed by atoms with Crippen molar-refractivity contribution < 1.29 is 14.3 Å². The molecule has 1 N–H and O–H groups in total. The molecule has 0 aliphatic carbocycles. The minimum absolute atomic E-state index is 0.278. The van der Waals surface area contributed by atoms with Gasteiger partial charge >= 0.3 is 0 Å². The van der Waals surface area contributed by atoms with Crippen LogP contribution in [0.2, 0.25) is 0 Å². The van der Waals surface area contributed by atoms with Crippen molar-refractivity contribution in [1.29, 1.82) is 0 Å². The first kappa shape index (κ1) is 19.6. The van der Waals surface area contributed by atoms with Crippen LogP contribution in [0.3, 0.4) is 0 Å². The predicted octanol–water partition coefficient (Wildman–Crippen LogP) is 4.39. The van der Waals surface area contributed by atoms with E-state index in [1.807, 2.05) is 31.2 Å². The van der Waals surface area contributed by atoms with Crippen molar-refractivity contribution >= 4 is 62.1 Å². The second-order valence-corrected chi connectivity index (χ2v) is 7.98. The third kappa shape index (κ3) is 4.58. The Morgan fingerprint density at radius 3 is 2.70 bits per heavy atom. The summed E-state index contributed by atoms with van der Waals surface area (Å²) < 4.78 is 6.56. The van der Waals surface area contributed by atoms with Crippen LogP contribution in [0.4, 0.5) is 0 Å². The minimum Gasteiger partial charge on any atom is -0.493 e. The molecule has 2 amide bonds. The van der Waals surface area contributed by atoms with Crippen LogP contribution in [0.15, 0.2) is 57.9 Å². The molecule has 2 aromatic carbocycles. The van der Waals surface area contributed by atoms with Crippen molar-refractivity contribution in [2.24, 2.45) is 0 Å². The molecule has 27 heavy (non-hydrogen) atoms. The molecule has 1 aliphatic rings. The van der Waals surface area contributed by atoms with Gasteiger partial charge in [0.25, 0.3) is 11.8 Å². The van der Waals surface area contributed by atoms with Gasteiger partial charge in [0.1, 0.15) is 5.75 Å². The smallest absolute Gasteiger partial charge is 0.285 e. The van der Waals surface area contributed by atoms with E-state index in [1.54, 1.807) is 30.3 Å². The van der Waals surface area contributed by atoms with Gasteiger partial charge in [0.2, 0.25) is 0 Å². The van der Waals surface area contributed by atoms with Gasteiger partial charge < -0.3 is 4.74 Å². The van der Waals surface area contributed by atoms with E-state index in [0.717, 1.165) is 32.6 Å². The van der Waals surface area contributed by atoms with Crippen LogP contribution < -0.4 is 10.2 Å². The predicted molar refractivity (Wildman–Crippen MR) is 114 cm³/mol. The topological polar surface area (TPSA) is 58.6 Å². The van der Waals surface area contributed by atoms with Crippen LogP contribution >= 0.6 is 39.9 Å². The molecule has 2 aromatic rings. The molecular weight excluding hydrogens is 448 g/mol. The molecule has 1 heterocycles. The summed E-state index contributed by atoms with van der Waals surface area (Å²) in [7, 11) is 0. The van der Waals surface area contributed by atoms with Crippen LogP contribution in [0, 0.1) is 0 Å². The van der Waals surface area contributed by atoms with Gasteiger partial charge in [-0.1, -0.05) is 36.0 Å². The second-order valence-electron chi connectivity index (χ2n) is 5.45. The molecule has 5 nitrogen and oxygen atoms in total. The fraction of sp³-hybridized carbons (Fsp3) is 0.105. The van der Waals surface area contributed by atoms with Crippen LogP contribution in [-0.2, 0) is 4.79 Å². The van der Waals surface area contributed by atoms with Gasteiger partial charge in [-0.3, -0.25) is 15.0 Å². The van der Waals surface area contributed by atoms with Crippen molar-refractivity contribution in [2.75, 3.05) is 6.61 Å². The molecule has 0 spiro atoms. The lowest BCUT2D eigenvalue weighted by Crippen LogP contribution is -2.44. The number of hydrogen-bond donors (Lipinski definition) is 1. The van der Waals surface area contributed by atoms with E-state index in [-0.39, 0.29) is 10.2 Å². The highest BCUT2D eigenvalue weighted by atomic mass is 79.9. The lowest BCUT2D eigenvalue weighted by molar-refractivity contribution is -0.123. The lowest BCUT2D eigenvalue weighted by Gasteiger charge is -2.15. The first-order valence-electron chi connectivity index (χ1n) is 8.06. The van der Waals surface area contributed by atoms with Crippen molar-refractivity contribution in [3.8, 4) is 5.75 Å². The number of carbonyl (C=O) groups excluding carboxylic acids is 2. The maximum absolute atomic E-state index is 12.6. The maximum atomic E-state index is 12.6. The van der Waals surface area contributed by atoms with E-state index >= 15 is 0 Å². The van der Waals surface area contributed by atoms with Gasteiger partial charge in [0.05, 0.1) is 16.0 Å². The van der Waals surface area contributed by atoms with E-state index in [0.29, 0.717) is 17.1 Å². The summed E-state index contributed by atoms with van der Waals surface area (Å²) in [6.07, 6.45) is 1.73. The third-order valence-corrected chi connectivity index (χ3v) is 5.52. The Morgan fingerprint density at radius 1 is 1.30 bits per heavy atom. The zero-order valence-corrected chi connectivity index (χ0v) is 17.5. The number of carbonyl (C=O) groups is 2. The number of thiocarbonyl (C=S) groups is 1. The third-order valence-electron chi connectivity index (χ3n) is 3.60. The van der Waals surface area contributed by atoms with Gasteiger partial charge in [0.15, 0.2) is 4.32 Å². The summed E-state index contributed by atoms with van der Waals surface area (Å²) in [6, 6.07) is 14.2. The highest BCUT2D eigenvalue weighted by Crippen LogP contribution is 2.33. The van der Waals surface area contributed by atoms with Gasteiger partial charge in [-0.05, 0) is 71.0 Å². The van der Waals surface area contributed by atoms with Gasteiger partial charge in [-0.15, -0.1) is 0 Å². The first-order valence-corrected chi connectivity index (χ1v) is 10.1. The summed E-state index contributed by atoms with van der Waals surface area (Å²) >= 11 is 9.84. The number of thioether (sulfide) groups is 1. The molecular formula is C19H15BrN2O3S2. The number of nitrogens with one attached hydrogen (secondary N) is 1. The van der Waals surface area contributed by atoms with Gasteiger partial charge in [-0.2, -0.15) is 5.01 Å². The van der Waals surface area contributed by atoms with Crippen molar-refractivity contribution in [2.45, 2.75) is 6.92 Å². The van der Waals surface area contributed by atoms with E-state index < -0.39 is 5.91 Å². The molecule has 0 aromatic heterocycles. The van der Waals surface area contributed by atoms with Crippen LogP contribution in [0.5, 0.6) is 5.75 Å². The fourth-order valence-corrected chi connectivity index (χ4v) is 4.04. The molecule has 0 atom stereocenters. The first-order chi connectivity index (χ1) is 13.0. The van der Waals surface area contributed by atoms with E-state index in [2.05, 4.69) is 21.4 Å². The fourth-order valence-electron chi connectivity index (χ4n) is 2.35. The molecule has 1 saturated heterocycles. The zero-order valence-electron chi connectivity index (χ0n) is 14.3. The summed E-state index contributed by atoms with van der Waals surface area (Å²) in [5.74, 6) is -0.0198. The number of amides is 2. The number of rotatable bonds is 5. The molecule has 1 aliphatic heterocycles. The van der Waals surface area contributed by atoms with Gasteiger partial charge in [-0.25, -0.2) is 0 Å². The second kappa shape index (κ2) is 8.69. The van der Waals surface area contributed by atoms with Gasteiger partial charge in [0, 0.05) is 5.56 Å². The molecule has 8 heteroatoms. The standard InChI is InChI=1S/C19H15BrN2O3S2/c1-2-25-15-9-8-12(10-14(15)20)11-16-18(24)22(19(26)27-16)21-17(23)13-6-4-3-5-7-13/h3-11H,2H2,1H3,(H,21,23)/b16-11-. The molecule has 0 unspecified atom stereocenters. The summed E-state index contributed by atoms with van der Waals surface area (Å²) in [4.78, 5) is 25.4. The summed E-state index contributed by atoms with van der Waals surface area (Å²) in [5.41, 5.74) is 3.83. The molecule has 138 valence electrons. The molecule has 0 saturated carbocycles. The van der Waals surface area contributed by atoms with E-state index in [9.17, 15) is 9.59 Å². The minimum atomic E-state index is -0.392. The quantitative estimate of drug-likeness (QED) is 0.527. The normalized spacial score (nSPS) is 15.3. The van der Waals surface area contributed by atoms with Crippen LogP contribution in [-0.4, -0.2) is 27.8 Å². The van der Waals surface area contributed by atoms with Crippen molar-refractivity contribution in [3.63, 3.8) is 0 Å². The van der Waals surface area contributed by atoms with Crippen LogP contribution in [0.1, 0.15) is 22.8 Å². The SMILES string of the molecule is CCOc1ccc(/C=C2\SC(=S)N(NC(=O)c3ccccc3)C2=O)cc1Br. The average molecular weight is 463 g/mol. The maximum Gasteiger partial charge on any atom is 0.285 e. The molecule has 3 rings (SSSR count). The summed E-state index contributed by atoms with van der Waals surface area (Å²) in [5, 5.41) is 1.10. The highest BCUT2D eigenvalue weighted by Gasteiger charge is 2.33. The Bertz CT molecular complexity index is 932. The highest BCUT2D eigenvalue weighted by molar-refractivity contribution is 9.10.